The molecular formula is C25H28N4O2. The van der Waals surface area contributed by atoms with Crippen molar-refractivity contribution in [1.29, 1.82) is 0 Å². The van der Waals surface area contributed by atoms with E-state index in [1.54, 1.807) is 0 Å². The number of fused-ring (bicyclic) bond motifs is 2. The van der Waals surface area contributed by atoms with Crippen LogP contribution in [0.15, 0.2) is 53.3 Å². The van der Waals surface area contributed by atoms with Crippen LogP contribution in [0.5, 0.6) is 0 Å². The summed E-state index contributed by atoms with van der Waals surface area (Å²) in [4.78, 5) is 28.3. The van der Waals surface area contributed by atoms with Crippen LogP contribution in [0, 0.1) is 0 Å². The Balaban J connectivity index is 1.43. The van der Waals surface area contributed by atoms with E-state index in [0.717, 1.165) is 50.0 Å². The van der Waals surface area contributed by atoms with E-state index in [-0.39, 0.29) is 24.1 Å². The van der Waals surface area contributed by atoms with Gasteiger partial charge in [0.05, 0.1) is 11.4 Å². The number of aromatic nitrogens is 2. The van der Waals surface area contributed by atoms with Crippen LogP contribution in [0.1, 0.15) is 49.3 Å². The summed E-state index contributed by atoms with van der Waals surface area (Å²) in [5, 5.41) is 9.30. The van der Waals surface area contributed by atoms with Crippen molar-refractivity contribution in [2.24, 2.45) is 0 Å². The number of amides is 1. The maximum absolute atomic E-state index is 13.1. The van der Waals surface area contributed by atoms with Crippen molar-refractivity contribution in [3.8, 4) is 0 Å². The highest BCUT2D eigenvalue weighted by molar-refractivity contribution is 5.91. The quantitative estimate of drug-likeness (QED) is 0.706. The predicted octanol–water partition coefficient (Wildman–Crippen LogP) is 3.58. The summed E-state index contributed by atoms with van der Waals surface area (Å²) in [5.41, 5.74) is 2.26. The first-order valence-corrected chi connectivity index (χ1v) is 11.3. The molecule has 1 atom stereocenters. The van der Waals surface area contributed by atoms with Gasteiger partial charge in [0.2, 0.25) is 5.91 Å². The summed E-state index contributed by atoms with van der Waals surface area (Å²) in [7, 11) is 0. The average molecular weight is 417 g/mol. The van der Waals surface area contributed by atoms with Crippen molar-refractivity contribution < 1.29 is 4.79 Å². The standard InChI is InChI=1S/C25H28N4O2/c30-23(26-22-14-13-18-9-3-4-10-19(18)22)17-29-25(31)21-12-6-5-11-20(21)24(27-29)28-15-7-1-2-8-16-28/h3-6,9-12,22H,1-2,7-8,13-17H2,(H,26,30)/t22-/m0/s1. The molecule has 6 heteroatoms. The lowest BCUT2D eigenvalue weighted by atomic mass is 10.1. The van der Waals surface area contributed by atoms with E-state index in [4.69, 9.17) is 5.10 Å². The lowest BCUT2D eigenvalue weighted by Crippen LogP contribution is -2.37. The number of carbonyl (C=O) groups is 1. The van der Waals surface area contributed by atoms with Gasteiger partial charge in [-0.1, -0.05) is 55.3 Å². The highest BCUT2D eigenvalue weighted by atomic mass is 16.2. The van der Waals surface area contributed by atoms with Gasteiger partial charge in [-0.3, -0.25) is 9.59 Å². The molecule has 0 unspecified atom stereocenters. The zero-order valence-corrected chi connectivity index (χ0v) is 17.7. The lowest BCUT2D eigenvalue weighted by Gasteiger charge is -2.24. The molecule has 0 bridgehead atoms. The fourth-order valence-electron chi connectivity index (χ4n) is 4.92. The number of nitrogens with zero attached hydrogens (tertiary/aromatic N) is 3. The van der Waals surface area contributed by atoms with Gasteiger partial charge < -0.3 is 10.2 Å². The fourth-order valence-corrected chi connectivity index (χ4v) is 4.92. The SMILES string of the molecule is O=C(Cn1nc(N2CCCCCC2)c2ccccc2c1=O)N[C@H]1CCc2ccccc21. The number of nitrogens with one attached hydrogen (secondary N) is 1. The first kappa shape index (κ1) is 19.8. The van der Waals surface area contributed by atoms with Gasteiger partial charge in [-0.25, -0.2) is 4.68 Å². The average Bonchev–Trinajstić information content (AvgIpc) is 3.00. The van der Waals surface area contributed by atoms with Crippen LogP contribution in [-0.4, -0.2) is 28.8 Å². The number of benzene rings is 2. The molecule has 2 aromatic carbocycles. The van der Waals surface area contributed by atoms with Crippen LogP contribution in [0.3, 0.4) is 0 Å². The van der Waals surface area contributed by atoms with E-state index in [1.807, 2.05) is 36.4 Å². The Morgan fingerprint density at radius 2 is 1.68 bits per heavy atom. The molecular weight excluding hydrogens is 388 g/mol. The molecule has 2 aliphatic rings. The molecule has 1 fully saturated rings. The number of hydrogen-bond donors (Lipinski definition) is 1. The van der Waals surface area contributed by atoms with Gasteiger partial charge in [-0.05, 0) is 42.9 Å². The number of carbonyl (C=O) groups excluding carboxylic acids is 1. The third-order valence-electron chi connectivity index (χ3n) is 6.52. The van der Waals surface area contributed by atoms with Crippen LogP contribution in [0.4, 0.5) is 5.82 Å². The minimum Gasteiger partial charge on any atom is -0.355 e. The third kappa shape index (κ3) is 3.94. The number of hydrogen-bond acceptors (Lipinski definition) is 4. The molecule has 1 aliphatic carbocycles. The van der Waals surface area contributed by atoms with Gasteiger partial charge in [0.15, 0.2) is 5.82 Å². The van der Waals surface area contributed by atoms with Crippen molar-refractivity contribution in [3.05, 3.63) is 70.0 Å². The Morgan fingerprint density at radius 1 is 0.968 bits per heavy atom. The summed E-state index contributed by atoms with van der Waals surface area (Å²) in [6, 6.07) is 15.8. The highest BCUT2D eigenvalue weighted by Crippen LogP contribution is 2.30. The van der Waals surface area contributed by atoms with Crippen molar-refractivity contribution in [1.82, 2.24) is 15.1 Å². The second-order valence-electron chi connectivity index (χ2n) is 8.59. The van der Waals surface area contributed by atoms with Crippen molar-refractivity contribution in [2.45, 2.75) is 51.1 Å². The Hall–Kier alpha value is -3.15. The predicted molar refractivity (Wildman–Crippen MR) is 122 cm³/mol. The van der Waals surface area contributed by atoms with Crippen LogP contribution in [0.2, 0.25) is 0 Å². The van der Waals surface area contributed by atoms with E-state index in [9.17, 15) is 9.59 Å². The largest absolute Gasteiger partial charge is 0.355 e. The van der Waals surface area contributed by atoms with E-state index in [0.29, 0.717) is 5.39 Å². The number of rotatable bonds is 4. The molecule has 5 rings (SSSR count). The topological polar surface area (TPSA) is 67.2 Å². The first-order chi connectivity index (χ1) is 15.2. The molecule has 160 valence electrons. The Morgan fingerprint density at radius 3 is 2.48 bits per heavy atom. The van der Waals surface area contributed by atoms with Crippen molar-refractivity contribution in [3.63, 3.8) is 0 Å². The van der Waals surface area contributed by atoms with Crippen LogP contribution in [0.25, 0.3) is 10.8 Å². The van der Waals surface area contributed by atoms with E-state index >= 15 is 0 Å². The monoisotopic (exact) mass is 416 g/mol. The maximum Gasteiger partial charge on any atom is 0.275 e. The molecule has 3 aromatic rings. The first-order valence-electron chi connectivity index (χ1n) is 11.3. The molecule has 1 N–H and O–H groups in total. The zero-order valence-electron chi connectivity index (χ0n) is 17.7. The molecule has 6 nitrogen and oxygen atoms in total. The van der Waals surface area contributed by atoms with Gasteiger partial charge in [-0.15, -0.1) is 0 Å². The normalized spacial score (nSPS) is 18.6. The van der Waals surface area contributed by atoms with Gasteiger partial charge in [0, 0.05) is 18.5 Å². The van der Waals surface area contributed by atoms with Crippen molar-refractivity contribution in [2.75, 3.05) is 18.0 Å². The van der Waals surface area contributed by atoms with Crippen LogP contribution >= 0.6 is 0 Å². The van der Waals surface area contributed by atoms with E-state index in [1.165, 1.54) is 28.7 Å². The summed E-state index contributed by atoms with van der Waals surface area (Å²) < 4.78 is 1.35. The maximum atomic E-state index is 13.1. The van der Waals surface area contributed by atoms with Crippen molar-refractivity contribution >= 4 is 22.5 Å². The molecule has 1 saturated heterocycles. The van der Waals surface area contributed by atoms with Gasteiger partial charge >= 0.3 is 0 Å². The van der Waals surface area contributed by atoms with Crippen LogP contribution in [-0.2, 0) is 17.8 Å². The Kier molecular flexibility index (Phi) is 5.45. The molecule has 0 spiro atoms. The minimum atomic E-state index is -0.212. The molecule has 0 radical (unpaired) electrons. The molecule has 1 aliphatic heterocycles. The number of aryl methyl sites for hydroxylation is 1. The molecule has 1 aromatic heterocycles. The van der Waals surface area contributed by atoms with E-state index in [2.05, 4.69) is 22.3 Å². The summed E-state index contributed by atoms with van der Waals surface area (Å²) in [6.07, 6.45) is 6.55. The summed E-state index contributed by atoms with van der Waals surface area (Å²) in [5.74, 6) is 0.643. The minimum absolute atomic E-state index is 0.00457. The van der Waals surface area contributed by atoms with Gasteiger partial charge in [0.1, 0.15) is 6.54 Å². The number of anilines is 1. The summed E-state index contributed by atoms with van der Waals surface area (Å²) in [6.45, 7) is 1.80. The molecule has 31 heavy (non-hydrogen) atoms. The van der Waals surface area contributed by atoms with E-state index < -0.39 is 0 Å². The highest BCUT2D eigenvalue weighted by Gasteiger charge is 2.24. The second kappa shape index (κ2) is 8.53. The molecule has 0 saturated carbocycles. The smallest absolute Gasteiger partial charge is 0.275 e. The summed E-state index contributed by atoms with van der Waals surface area (Å²) >= 11 is 0. The molecule has 1 amide bonds. The Labute approximate surface area is 181 Å². The lowest BCUT2D eigenvalue weighted by molar-refractivity contribution is -0.122. The Bertz CT molecular complexity index is 1160. The zero-order chi connectivity index (χ0) is 21.2. The molecule has 2 heterocycles. The van der Waals surface area contributed by atoms with Gasteiger partial charge in [0.25, 0.3) is 5.56 Å². The fraction of sp³-hybridized carbons (Fsp3) is 0.400. The van der Waals surface area contributed by atoms with Gasteiger partial charge in [-0.2, -0.15) is 5.10 Å². The third-order valence-corrected chi connectivity index (χ3v) is 6.52. The van der Waals surface area contributed by atoms with Crippen LogP contribution < -0.4 is 15.8 Å². The second-order valence-corrected chi connectivity index (χ2v) is 8.59.